The van der Waals surface area contributed by atoms with E-state index in [2.05, 4.69) is 5.32 Å². The lowest BCUT2D eigenvalue weighted by molar-refractivity contribution is -0.384. The van der Waals surface area contributed by atoms with Crippen LogP contribution in [0.4, 0.5) is 10.1 Å². The molecule has 17 heavy (non-hydrogen) atoms. The highest BCUT2D eigenvalue weighted by Crippen LogP contribution is 2.16. The fraction of sp³-hybridized carbons (Fsp3) is 0.300. The van der Waals surface area contributed by atoms with Crippen LogP contribution in [0, 0.1) is 15.9 Å². The van der Waals surface area contributed by atoms with Gasteiger partial charge in [-0.05, 0) is 13.0 Å². The summed E-state index contributed by atoms with van der Waals surface area (Å²) in [5, 5.41) is 21.7. The Balaban J connectivity index is 2.92. The lowest BCUT2D eigenvalue weighted by Crippen LogP contribution is -2.31. The number of hydrogen-bond donors (Lipinski definition) is 2. The van der Waals surface area contributed by atoms with Gasteiger partial charge >= 0.3 is 0 Å². The summed E-state index contributed by atoms with van der Waals surface area (Å²) in [6, 6.07) is 2.68. The molecule has 1 rings (SSSR count). The van der Waals surface area contributed by atoms with E-state index in [0.717, 1.165) is 18.2 Å². The Hall–Kier alpha value is -2.02. The second-order valence-electron chi connectivity index (χ2n) is 3.48. The molecule has 1 aromatic rings. The smallest absolute Gasteiger partial charge is 0.270 e. The summed E-state index contributed by atoms with van der Waals surface area (Å²) < 4.78 is 13.3. The Morgan fingerprint density at radius 3 is 2.82 bits per heavy atom. The van der Waals surface area contributed by atoms with Crippen molar-refractivity contribution in [2.75, 3.05) is 6.54 Å². The van der Waals surface area contributed by atoms with Gasteiger partial charge in [-0.3, -0.25) is 14.9 Å². The first kappa shape index (κ1) is 13.0. The van der Waals surface area contributed by atoms with Crippen molar-refractivity contribution in [1.29, 1.82) is 0 Å². The van der Waals surface area contributed by atoms with Crippen molar-refractivity contribution in [3.63, 3.8) is 0 Å². The van der Waals surface area contributed by atoms with Crippen molar-refractivity contribution in [3.05, 3.63) is 39.7 Å². The highest BCUT2D eigenvalue weighted by molar-refractivity contribution is 5.95. The third-order valence-electron chi connectivity index (χ3n) is 1.96. The molecule has 0 aliphatic carbocycles. The van der Waals surface area contributed by atoms with Gasteiger partial charge in [0, 0.05) is 18.7 Å². The molecule has 0 aliphatic rings. The zero-order chi connectivity index (χ0) is 13.0. The van der Waals surface area contributed by atoms with E-state index in [-0.39, 0.29) is 12.2 Å². The predicted molar refractivity (Wildman–Crippen MR) is 57.1 cm³/mol. The maximum atomic E-state index is 13.3. The summed E-state index contributed by atoms with van der Waals surface area (Å²) in [6.45, 7) is 1.39. The van der Waals surface area contributed by atoms with Crippen LogP contribution in [0.1, 0.15) is 17.3 Å². The van der Waals surface area contributed by atoms with Crippen molar-refractivity contribution in [2.24, 2.45) is 0 Å². The molecule has 0 spiro atoms. The number of nitro benzene ring substituents is 1. The van der Waals surface area contributed by atoms with Gasteiger partial charge < -0.3 is 10.4 Å². The third kappa shape index (κ3) is 3.49. The van der Waals surface area contributed by atoms with Crippen LogP contribution in [0.5, 0.6) is 0 Å². The quantitative estimate of drug-likeness (QED) is 0.604. The molecule has 7 heteroatoms. The Morgan fingerprint density at radius 1 is 1.65 bits per heavy atom. The molecule has 0 saturated carbocycles. The number of halogens is 1. The molecule has 1 atom stereocenters. The van der Waals surface area contributed by atoms with Gasteiger partial charge in [-0.1, -0.05) is 0 Å². The van der Waals surface area contributed by atoms with Gasteiger partial charge in [0.15, 0.2) is 0 Å². The van der Waals surface area contributed by atoms with Crippen LogP contribution < -0.4 is 5.32 Å². The number of carbonyl (C=O) groups is 1. The second kappa shape index (κ2) is 5.35. The summed E-state index contributed by atoms with van der Waals surface area (Å²) >= 11 is 0. The molecule has 0 aromatic heterocycles. The molecular formula is C10H11FN2O4. The number of aliphatic hydroxyl groups excluding tert-OH is 1. The molecule has 0 aliphatic heterocycles. The highest BCUT2D eigenvalue weighted by atomic mass is 19.1. The first-order valence-corrected chi connectivity index (χ1v) is 4.82. The van der Waals surface area contributed by atoms with E-state index in [1.165, 1.54) is 6.92 Å². The fourth-order valence-electron chi connectivity index (χ4n) is 1.14. The standard InChI is InChI=1S/C10H11FN2O4/c1-6(14)5-12-10(15)8-4-7(13(16)17)2-3-9(8)11/h2-4,6,14H,5H2,1H3,(H,12,15)/t6-/m1/s1. The van der Waals surface area contributed by atoms with Gasteiger partial charge in [0.2, 0.25) is 0 Å². The Labute approximate surface area is 96.2 Å². The Bertz CT molecular complexity index is 448. The van der Waals surface area contributed by atoms with Gasteiger partial charge in [0.05, 0.1) is 16.6 Å². The summed E-state index contributed by atoms with van der Waals surface area (Å²) in [4.78, 5) is 21.2. The van der Waals surface area contributed by atoms with Gasteiger partial charge in [-0.25, -0.2) is 4.39 Å². The van der Waals surface area contributed by atoms with Crippen molar-refractivity contribution >= 4 is 11.6 Å². The number of aliphatic hydroxyl groups is 1. The molecule has 0 radical (unpaired) electrons. The van der Waals surface area contributed by atoms with Gasteiger partial charge in [0.1, 0.15) is 5.82 Å². The molecule has 0 saturated heterocycles. The van der Waals surface area contributed by atoms with Crippen molar-refractivity contribution < 1.29 is 19.2 Å². The highest BCUT2D eigenvalue weighted by Gasteiger charge is 2.16. The van der Waals surface area contributed by atoms with E-state index in [9.17, 15) is 19.3 Å². The summed E-state index contributed by atoms with van der Waals surface area (Å²) in [6.07, 6.45) is -0.777. The maximum absolute atomic E-state index is 13.3. The number of carbonyl (C=O) groups excluding carboxylic acids is 1. The van der Waals surface area contributed by atoms with Crippen LogP contribution in [-0.2, 0) is 0 Å². The number of non-ortho nitro benzene ring substituents is 1. The van der Waals surface area contributed by atoms with Crippen LogP contribution in [0.15, 0.2) is 18.2 Å². The average molecular weight is 242 g/mol. The lowest BCUT2D eigenvalue weighted by Gasteiger charge is -2.07. The average Bonchev–Trinajstić information content (AvgIpc) is 2.26. The molecule has 0 bridgehead atoms. The molecule has 0 fully saturated rings. The summed E-state index contributed by atoms with van der Waals surface area (Å²) in [7, 11) is 0. The van der Waals surface area contributed by atoms with E-state index >= 15 is 0 Å². The zero-order valence-corrected chi connectivity index (χ0v) is 9.01. The number of nitrogens with zero attached hydrogens (tertiary/aromatic N) is 1. The summed E-state index contributed by atoms with van der Waals surface area (Å²) in [5.41, 5.74) is -0.784. The molecular weight excluding hydrogens is 231 g/mol. The number of nitro groups is 1. The Kier molecular flexibility index (Phi) is 4.11. The van der Waals surface area contributed by atoms with E-state index < -0.39 is 28.3 Å². The second-order valence-corrected chi connectivity index (χ2v) is 3.48. The predicted octanol–water partition coefficient (Wildman–Crippen LogP) is 0.845. The van der Waals surface area contributed by atoms with Crippen LogP contribution in [0.2, 0.25) is 0 Å². The maximum Gasteiger partial charge on any atom is 0.270 e. The van der Waals surface area contributed by atoms with Gasteiger partial charge in [-0.2, -0.15) is 0 Å². The monoisotopic (exact) mass is 242 g/mol. The zero-order valence-electron chi connectivity index (χ0n) is 9.01. The third-order valence-corrected chi connectivity index (χ3v) is 1.96. The molecule has 92 valence electrons. The normalized spacial score (nSPS) is 11.9. The van der Waals surface area contributed by atoms with Crippen LogP contribution in [0.25, 0.3) is 0 Å². The van der Waals surface area contributed by atoms with Crippen LogP contribution in [0.3, 0.4) is 0 Å². The molecule has 0 heterocycles. The summed E-state index contributed by atoms with van der Waals surface area (Å²) in [5.74, 6) is -1.65. The molecule has 6 nitrogen and oxygen atoms in total. The van der Waals surface area contributed by atoms with Crippen LogP contribution >= 0.6 is 0 Å². The Morgan fingerprint density at radius 2 is 2.29 bits per heavy atom. The van der Waals surface area contributed by atoms with Gasteiger partial charge in [0.25, 0.3) is 11.6 Å². The van der Waals surface area contributed by atoms with Gasteiger partial charge in [-0.15, -0.1) is 0 Å². The van der Waals surface area contributed by atoms with Crippen molar-refractivity contribution in [3.8, 4) is 0 Å². The van der Waals surface area contributed by atoms with E-state index in [1.54, 1.807) is 0 Å². The largest absolute Gasteiger partial charge is 0.392 e. The SMILES string of the molecule is C[C@@H](O)CNC(=O)c1cc([N+](=O)[O-])ccc1F. The number of amides is 1. The first-order valence-electron chi connectivity index (χ1n) is 4.82. The van der Waals surface area contributed by atoms with Crippen LogP contribution in [-0.4, -0.2) is 28.6 Å². The molecule has 1 amide bonds. The van der Waals surface area contributed by atoms with E-state index in [1.807, 2.05) is 0 Å². The van der Waals surface area contributed by atoms with E-state index in [0.29, 0.717) is 0 Å². The molecule has 0 unspecified atom stereocenters. The first-order chi connectivity index (χ1) is 7.91. The number of nitrogens with one attached hydrogen (secondary N) is 1. The number of benzene rings is 1. The minimum atomic E-state index is -0.848. The lowest BCUT2D eigenvalue weighted by atomic mass is 10.1. The minimum absolute atomic E-state index is 0.0546. The number of hydrogen-bond acceptors (Lipinski definition) is 4. The fourth-order valence-corrected chi connectivity index (χ4v) is 1.14. The molecule has 2 N–H and O–H groups in total. The minimum Gasteiger partial charge on any atom is -0.392 e. The van der Waals surface area contributed by atoms with Crippen molar-refractivity contribution in [2.45, 2.75) is 13.0 Å². The topological polar surface area (TPSA) is 92.5 Å². The number of rotatable bonds is 4. The van der Waals surface area contributed by atoms with Crippen molar-refractivity contribution in [1.82, 2.24) is 5.32 Å². The molecule has 1 aromatic carbocycles. The van der Waals surface area contributed by atoms with E-state index in [4.69, 9.17) is 5.11 Å².